The van der Waals surface area contributed by atoms with Gasteiger partial charge in [0.05, 0.1) is 11.9 Å². The molecule has 0 saturated carbocycles. The molecule has 3 aromatic rings. The molecule has 4 heteroatoms. The van der Waals surface area contributed by atoms with Gasteiger partial charge in [0, 0.05) is 31.0 Å². The average molecular weight is 385 g/mol. The topological polar surface area (TPSA) is 42.2 Å². The van der Waals surface area contributed by atoms with Crippen LogP contribution in [0.5, 0.6) is 0 Å². The zero-order valence-corrected chi connectivity index (χ0v) is 16.5. The largest absolute Gasteiger partial charge is 0.398 e. The zero-order chi connectivity index (χ0) is 20.8. The van der Waals surface area contributed by atoms with Gasteiger partial charge in [-0.25, -0.2) is 4.39 Å². The number of anilines is 2. The Kier molecular flexibility index (Phi) is 6.25. The standard InChI is InChI=1S/C25H24FN3/c1-4-6-7-18-12-23(16-28-15-18)29(3)17-22-9-8-21(14-24(22)26)20-10-11-25(27)19(5-2)13-20/h4-16H,1-2,17,27H2,3H3/b7-6+. The summed E-state index contributed by atoms with van der Waals surface area (Å²) in [6.07, 6.45) is 10.7. The Bertz CT molecular complexity index is 1070. The summed E-state index contributed by atoms with van der Waals surface area (Å²) in [6, 6.07) is 12.9. The first kappa shape index (κ1) is 20.1. The van der Waals surface area contributed by atoms with E-state index in [-0.39, 0.29) is 5.82 Å². The van der Waals surface area contributed by atoms with Crippen molar-refractivity contribution in [3.63, 3.8) is 0 Å². The molecule has 2 N–H and O–H groups in total. The first-order valence-electron chi connectivity index (χ1n) is 9.28. The molecule has 0 unspecified atom stereocenters. The van der Waals surface area contributed by atoms with Crippen molar-refractivity contribution in [3.8, 4) is 11.1 Å². The molecule has 0 aliphatic carbocycles. The average Bonchev–Trinajstić information content (AvgIpc) is 2.74. The van der Waals surface area contributed by atoms with Crippen molar-refractivity contribution in [2.75, 3.05) is 17.7 Å². The Morgan fingerprint density at radius 3 is 2.55 bits per heavy atom. The van der Waals surface area contributed by atoms with Crippen LogP contribution in [-0.4, -0.2) is 12.0 Å². The Morgan fingerprint density at radius 1 is 1.07 bits per heavy atom. The number of halogens is 1. The highest BCUT2D eigenvalue weighted by Crippen LogP contribution is 2.27. The summed E-state index contributed by atoms with van der Waals surface area (Å²) in [5.41, 5.74) is 11.6. The van der Waals surface area contributed by atoms with Crippen LogP contribution in [0.1, 0.15) is 16.7 Å². The van der Waals surface area contributed by atoms with Crippen LogP contribution in [0.25, 0.3) is 23.3 Å². The van der Waals surface area contributed by atoms with Crippen molar-refractivity contribution < 1.29 is 4.39 Å². The van der Waals surface area contributed by atoms with Gasteiger partial charge in [0.15, 0.2) is 0 Å². The second kappa shape index (κ2) is 9.02. The van der Waals surface area contributed by atoms with Gasteiger partial charge in [-0.1, -0.05) is 55.7 Å². The monoisotopic (exact) mass is 385 g/mol. The van der Waals surface area contributed by atoms with Gasteiger partial charge < -0.3 is 10.6 Å². The fourth-order valence-electron chi connectivity index (χ4n) is 3.06. The number of aromatic nitrogens is 1. The molecular weight excluding hydrogens is 361 g/mol. The summed E-state index contributed by atoms with van der Waals surface area (Å²) < 4.78 is 14.8. The molecule has 0 fully saturated rings. The number of nitrogens with two attached hydrogens (primary N) is 1. The van der Waals surface area contributed by atoms with Crippen LogP contribution in [-0.2, 0) is 6.54 Å². The number of hydrogen-bond acceptors (Lipinski definition) is 3. The van der Waals surface area contributed by atoms with Crippen LogP contribution in [0, 0.1) is 5.82 Å². The van der Waals surface area contributed by atoms with E-state index >= 15 is 0 Å². The molecule has 29 heavy (non-hydrogen) atoms. The van der Waals surface area contributed by atoms with E-state index in [9.17, 15) is 4.39 Å². The smallest absolute Gasteiger partial charge is 0.128 e. The Labute approximate surface area is 171 Å². The molecule has 0 bridgehead atoms. The maximum absolute atomic E-state index is 14.8. The zero-order valence-electron chi connectivity index (χ0n) is 16.5. The number of nitrogen functional groups attached to an aromatic ring is 1. The predicted molar refractivity (Wildman–Crippen MR) is 122 cm³/mol. The summed E-state index contributed by atoms with van der Waals surface area (Å²) in [6.45, 7) is 7.87. The third-order valence-corrected chi connectivity index (χ3v) is 4.71. The SMILES string of the molecule is C=C/C=C/c1cncc(N(C)Cc2ccc(-c3ccc(N)c(C=C)c3)cc2F)c1. The summed E-state index contributed by atoms with van der Waals surface area (Å²) in [5, 5.41) is 0. The fraction of sp³-hybridized carbons (Fsp3) is 0.0800. The fourth-order valence-corrected chi connectivity index (χ4v) is 3.06. The van der Waals surface area contributed by atoms with E-state index in [0.29, 0.717) is 17.8 Å². The van der Waals surface area contributed by atoms with Crippen molar-refractivity contribution >= 4 is 23.5 Å². The van der Waals surface area contributed by atoms with Gasteiger partial charge in [-0.05, 0) is 46.5 Å². The van der Waals surface area contributed by atoms with E-state index < -0.39 is 0 Å². The summed E-state index contributed by atoms with van der Waals surface area (Å²) in [4.78, 5) is 6.23. The molecule has 0 saturated heterocycles. The quantitative estimate of drug-likeness (QED) is 0.404. The van der Waals surface area contributed by atoms with E-state index in [1.807, 2.05) is 60.5 Å². The van der Waals surface area contributed by atoms with Crippen molar-refractivity contribution in [2.24, 2.45) is 0 Å². The lowest BCUT2D eigenvalue weighted by Crippen LogP contribution is -2.17. The van der Waals surface area contributed by atoms with E-state index in [0.717, 1.165) is 27.9 Å². The molecule has 3 nitrogen and oxygen atoms in total. The number of rotatable bonds is 7. The second-order valence-electron chi connectivity index (χ2n) is 6.78. The van der Waals surface area contributed by atoms with E-state index in [2.05, 4.69) is 18.1 Å². The van der Waals surface area contributed by atoms with Crippen LogP contribution >= 0.6 is 0 Å². The van der Waals surface area contributed by atoms with E-state index in [1.165, 1.54) is 0 Å². The third kappa shape index (κ3) is 4.79. The normalized spacial score (nSPS) is 10.8. The number of pyridine rings is 1. The molecule has 0 spiro atoms. The predicted octanol–water partition coefficient (Wildman–Crippen LogP) is 5.95. The minimum absolute atomic E-state index is 0.248. The Morgan fingerprint density at radius 2 is 1.83 bits per heavy atom. The molecule has 0 atom stereocenters. The molecule has 1 aromatic heterocycles. The van der Waals surface area contributed by atoms with Crippen LogP contribution in [0.15, 0.2) is 80.2 Å². The van der Waals surface area contributed by atoms with Gasteiger partial charge in [0.2, 0.25) is 0 Å². The van der Waals surface area contributed by atoms with Crippen LogP contribution in [0.3, 0.4) is 0 Å². The summed E-state index contributed by atoms with van der Waals surface area (Å²) in [7, 11) is 1.92. The lowest BCUT2D eigenvalue weighted by molar-refractivity contribution is 0.608. The first-order valence-corrected chi connectivity index (χ1v) is 9.28. The Balaban J connectivity index is 1.81. The van der Waals surface area contributed by atoms with Crippen LogP contribution < -0.4 is 10.6 Å². The second-order valence-corrected chi connectivity index (χ2v) is 6.78. The van der Waals surface area contributed by atoms with Gasteiger partial charge in [-0.2, -0.15) is 0 Å². The van der Waals surface area contributed by atoms with Crippen LogP contribution in [0.2, 0.25) is 0 Å². The van der Waals surface area contributed by atoms with E-state index in [1.54, 1.807) is 30.6 Å². The third-order valence-electron chi connectivity index (χ3n) is 4.71. The van der Waals surface area contributed by atoms with Gasteiger partial charge in [0.1, 0.15) is 5.82 Å². The van der Waals surface area contributed by atoms with Gasteiger partial charge in [0.25, 0.3) is 0 Å². The lowest BCUT2D eigenvalue weighted by Gasteiger charge is -2.20. The lowest BCUT2D eigenvalue weighted by atomic mass is 10.00. The van der Waals surface area contributed by atoms with Crippen molar-refractivity contribution in [3.05, 3.63) is 103 Å². The summed E-state index contributed by atoms with van der Waals surface area (Å²) >= 11 is 0. The molecule has 0 amide bonds. The molecule has 3 rings (SSSR count). The molecule has 146 valence electrons. The number of hydrogen-bond donors (Lipinski definition) is 1. The van der Waals surface area contributed by atoms with Gasteiger partial charge in [-0.3, -0.25) is 4.98 Å². The van der Waals surface area contributed by atoms with Gasteiger partial charge >= 0.3 is 0 Å². The molecule has 0 aliphatic rings. The van der Waals surface area contributed by atoms with Crippen molar-refractivity contribution in [2.45, 2.75) is 6.54 Å². The molecule has 1 heterocycles. The molecule has 0 radical (unpaired) electrons. The Hall–Kier alpha value is -3.66. The number of benzene rings is 2. The highest BCUT2D eigenvalue weighted by atomic mass is 19.1. The number of allylic oxidation sites excluding steroid dienone is 2. The van der Waals surface area contributed by atoms with Crippen LogP contribution in [0.4, 0.5) is 15.8 Å². The summed E-state index contributed by atoms with van der Waals surface area (Å²) in [5.74, 6) is -0.248. The minimum Gasteiger partial charge on any atom is -0.398 e. The minimum atomic E-state index is -0.248. The van der Waals surface area contributed by atoms with E-state index in [4.69, 9.17) is 5.73 Å². The maximum atomic E-state index is 14.8. The highest BCUT2D eigenvalue weighted by Gasteiger charge is 2.10. The molecule has 2 aromatic carbocycles. The molecule has 0 aliphatic heterocycles. The molecular formula is C25H24FN3. The maximum Gasteiger partial charge on any atom is 0.128 e. The van der Waals surface area contributed by atoms with Gasteiger partial charge in [-0.15, -0.1) is 0 Å². The van der Waals surface area contributed by atoms with Crippen molar-refractivity contribution in [1.29, 1.82) is 0 Å². The first-order chi connectivity index (χ1) is 14.0. The van der Waals surface area contributed by atoms with Crippen molar-refractivity contribution in [1.82, 2.24) is 4.98 Å². The number of nitrogens with zero attached hydrogens (tertiary/aromatic N) is 2. The highest BCUT2D eigenvalue weighted by molar-refractivity contribution is 5.73.